The fourth-order valence-electron chi connectivity index (χ4n) is 5.88. The number of aliphatic hydroxyl groups is 1. The maximum atomic E-state index is 11.4. The number of unbranched alkanes of at least 4 members (excludes halogenated alkanes) is 3. The SMILES string of the molecule is CCCCCCC(C)(C)C1=CC2OC(C)(C)[C@H]3CC=C(CNC(C)=O)CC3[C@@H]2C(O)=C1. The van der Waals surface area contributed by atoms with E-state index >= 15 is 0 Å². The van der Waals surface area contributed by atoms with Crippen LogP contribution >= 0.6 is 0 Å². The van der Waals surface area contributed by atoms with Gasteiger partial charge in [0, 0.05) is 19.4 Å². The van der Waals surface area contributed by atoms with Gasteiger partial charge in [-0.15, -0.1) is 0 Å². The minimum Gasteiger partial charge on any atom is -0.512 e. The predicted octanol–water partition coefficient (Wildman–Crippen LogP) is 6.25. The molecular weight excluding hydrogens is 386 g/mol. The molecule has 1 fully saturated rings. The number of hydrogen-bond donors (Lipinski definition) is 2. The highest BCUT2D eigenvalue weighted by Crippen LogP contribution is 2.53. The van der Waals surface area contributed by atoms with Crippen LogP contribution in [-0.2, 0) is 9.53 Å². The van der Waals surface area contributed by atoms with Crippen molar-refractivity contribution in [1.82, 2.24) is 5.32 Å². The highest BCUT2D eigenvalue weighted by molar-refractivity contribution is 5.73. The van der Waals surface area contributed by atoms with Gasteiger partial charge in [0.15, 0.2) is 0 Å². The Hall–Kier alpha value is -1.55. The van der Waals surface area contributed by atoms with Crippen LogP contribution in [0.3, 0.4) is 0 Å². The monoisotopic (exact) mass is 429 g/mol. The van der Waals surface area contributed by atoms with Gasteiger partial charge in [0.25, 0.3) is 0 Å². The second-order valence-electron chi connectivity index (χ2n) is 11.1. The normalized spacial score (nSPS) is 29.8. The highest BCUT2D eigenvalue weighted by Gasteiger charge is 2.52. The van der Waals surface area contributed by atoms with Crippen molar-refractivity contribution in [3.8, 4) is 0 Å². The van der Waals surface area contributed by atoms with Crippen molar-refractivity contribution < 1.29 is 14.6 Å². The molecule has 0 bridgehead atoms. The Morgan fingerprint density at radius 2 is 2.03 bits per heavy atom. The Bertz CT molecular complexity index is 758. The third-order valence-electron chi connectivity index (χ3n) is 7.81. The molecule has 1 heterocycles. The van der Waals surface area contributed by atoms with Crippen LogP contribution in [0.5, 0.6) is 0 Å². The van der Waals surface area contributed by atoms with Gasteiger partial charge in [0.1, 0.15) is 0 Å². The molecule has 4 nitrogen and oxygen atoms in total. The van der Waals surface area contributed by atoms with E-state index < -0.39 is 0 Å². The number of allylic oxidation sites excluding steroid dienone is 3. The molecule has 0 saturated carbocycles. The van der Waals surface area contributed by atoms with E-state index in [1.807, 2.05) is 6.08 Å². The first kappa shape index (κ1) is 24.1. The van der Waals surface area contributed by atoms with Crippen molar-refractivity contribution in [1.29, 1.82) is 0 Å². The van der Waals surface area contributed by atoms with Crippen molar-refractivity contribution >= 4 is 5.91 Å². The Kier molecular flexibility index (Phi) is 7.40. The van der Waals surface area contributed by atoms with Crippen molar-refractivity contribution in [3.05, 3.63) is 35.1 Å². The summed E-state index contributed by atoms with van der Waals surface area (Å²) in [6, 6.07) is 0. The van der Waals surface area contributed by atoms with Gasteiger partial charge in [-0.25, -0.2) is 0 Å². The van der Waals surface area contributed by atoms with Crippen LogP contribution in [0.15, 0.2) is 35.1 Å². The minimum atomic E-state index is -0.244. The summed E-state index contributed by atoms with van der Waals surface area (Å²) >= 11 is 0. The summed E-state index contributed by atoms with van der Waals surface area (Å²) in [7, 11) is 0. The van der Waals surface area contributed by atoms with Gasteiger partial charge in [-0.05, 0) is 62.0 Å². The second kappa shape index (κ2) is 9.52. The maximum Gasteiger partial charge on any atom is 0.217 e. The predicted molar refractivity (Wildman–Crippen MR) is 127 cm³/mol. The summed E-state index contributed by atoms with van der Waals surface area (Å²) in [6.07, 6.45) is 14.5. The van der Waals surface area contributed by atoms with E-state index in [1.165, 1.54) is 36.8 Å². The lowest BCUT2D eigenvalue weighted by Gasteiger charge is -2.53. The lowest BCUT2D eigenvalue weighted by Crippen LogP contribution is -2.55. The summed E-state index contributed by atoms with van der Waals surface area (Å²) in [4.78, 5) is 11.4. The number of ether oxygens (including phenoxy) is 1. The Morgan fingerprint density at radius 3 is 2.71 bits per heavy atom. The molecule has 2 unspecified atom stereocenters. The van der Waals surface area contributed by atoms with Gasteiger partial charge >= 0.3 is 0 Å². The number of carbonyl (C=O) groups is 1. The van der Waals surface area contributed by atoms with E-state index in [4.69, 9.17) is 4.74 Å². The molecule has 3 rings (SSSR count). The molecule has 1 aliphatic heterocycles. The van der Waals surface area contributed by atoms with E-state index in [2.05, 4.69) is 52.1 Å². The third kappa shape index (κ3) is 5.45. The van der Waals surface area contributed by atoms with Crippen LogP contribution in [0, 0.1) is 23.2 Å². The fourth-order valence-corrected chi connectivity index (χ4v) is 5.88. The largest absolute Gasteiger partial charge is 0.512 e. The van der Waals surface area contributed by atoms with Crippen LogP contribution in [0.2, 0.25) is 0 Å². The molecule has 1 amide bonds. The fraction of sp³-hybridized carbons (Fsp3) is 0.741. The molecular formula is C27H43NO3. The van der Waals surface area contributed by atoms with Crippen LogP contribution in [0.1, 0.15) is 86.5 Å². The summed E-state index contributed by atoms with van der Waals surface area (Å²) in [5.41, 5.74) is 2.26. The molecule has 31 heavy (non-hydrogen) atoms. The van der Waals surface area contributed by atoms with Crippen molar-refractivity contribution in [2.24, 2.45) is 23.2 Å². The van der Waals surface area contributed by atoms with Gasteiger partial charge in [-0.3, -0.25) is 4.79 Å². The molecule has 174 valence electrons. The summed E-state index contributed by atoms with van der Waals surface area (Å²) in [5.74, 6) is 1.17. The van der Waals surface area contributed by atoms with E-state index in [0.717, 1.165) is 19.3 Å². The number of aliphatic hydroxyl groups excluding tert-OH is 1. The number of nitrogens with one attached hydrogen (secondary N) is 1. The van der Waals surface area contributed by atoms with Crippen LogP contribution in [-0.4, -0.2) is 29.3 Å². The van der Waals surface area contributed by atoms with Crippen molar-refractivity contribution in [3.63, 3.8) is 0 Å². The molecule has 0 aromatic rings. The molecule has 0 aromatic heterocycles. The van der Waals surface area contributed by atoms with Crippen LogP contribution < -0.4 is 5.32 Å². The summed E-state index contributed by atoms with van der Waals surface area (Å²) < 4.78 is 6.64. The first-order chi connectivity index (χ1) is 14.5. The van der Waals surface area contributed by atoms with Crippen molar-refractivity contribution in [2.75, 3.05) is 6.54 Å². The molecule has 1 saturated heterocycles. The zero-order valence-electron chi connectivity index (χ0n) is 20.5. The quantitative estimate of drug-likeness (QED) is 0.354. The van der Waals surface area contributed by atoms with E-state index in [0.29, 0.717) is 24.1 Å². The average Bonchev–Trinajstić information content (AvgIpc) is 2.68. The molecule has 0 spiro atoms. The van der Waals surface area contributed by atoms with Gasteiger partial charge in [0.2, 0.25) is 5.91 Å². The van der Waals surface area contributed by atoms with Gasteiger partial charge in [0.05, 0.1) is 17.5 Å². The van der Waals surface area contributed by atoms with E-state index in [1.54, 1.807) is 6.92 Å². The molecule has 2 aliphatic carbocycles. The lowest BCUT2D eigenvalue weighted by molar-refractivity contribution is -0.177. The number of fused-ring (bicyclic) bond motifs is 3. The summed E-state index contributed by atoms with van der Waals surface area (Å²) in [6.45, 7) is 13.4. The number of carbonyl (C=O) groups excluding carboxylic acids is 1. The van der Waals surface area contributed by atoms with E-state index in [9.17, 15) is 9.90 Å². The topological polar surface area (TPSA) is 58.6 Å². The van der Waals surface area contributed by atoms with Gasteiger partial charge in [-0.2, -0.15) is 0 Å². The third-order valence-corrected chi connectivity index (χ3v) is 7.81. The Labute approximate surface area is 189 Å². The zero-order chi connectivity index (χ0) is 22.8. The molecule has 0 radical (unpaired) electrons. The molecule has 0 aromatic carbocycles. The number of hydrogen-bond acceptors (Lipinski definition) is 3. The van der Waals surface area contributed by atoms with Gasteiger partial charge < -0.3 is 15.2 Å². The van der Waals surface area contributed by atoms with Gasteiger partial charge in [-0.1, -0.05) is 64.2 Å². The Balaban J connectivity index is 1.80. The summed E-state index contributed by atoms with van der Waals surface area (Å²) in [5, 5.41) is 14.2. The van der Waals surface area contributed by atoms with Crippen LogP contribution in [0.25, 0.3) is 0 Å². The average molecular weight is 430 g/mol. The number of amides is 1. The smallest absolute Gasteiger partial charge is 0.217 e. The lowest BCUT2D eigenvalue weighted by atomic mass is 9.61. The van der Waals surface area contributed by atoms with E-state index in [-0.39, 0.29) is 28.9 Å². The highest BCUT2D eigenvalue weighted by atomic mass is 16.5. The first-order valence-corrected chi connectivity index (χ1v) is 12.3. The number of rotatable bonds is 8. The minimum absolute atomic E-state index is 0.00121. The molecule has 4 atom stereocenters. The maximum absolute atomic E-state index is 11.4. The second-order valence-corrected chi connectivity index (χ2v) is 11.1. The Morgan fingerprint density at radius 1 is 1.29 bits per heavy atom. The van der Waals surface area contributed by atoms with Crippen molar-refractivity contribution in [2.45, 2.75) is 98.2 Å². The zero-order valence-corrected chi connectivity index (χ0v) is 20.5. The van der Waals surface area contributed by atoms with Crippen LogP contribution in [0.4, 0.5) is 0 Å². The molecule has 2 N–H and O–H groups in total. The first-order valence-electron chi connectivity index (χ1n) is 12.3. The molecule has 3 aliphatic rings. The standard InChI is InChI=1S/C27H43NO3/c1-7-8-9-10-13-26(3,4)20-15-23(30)25-21-14-19(17-28-18(2)29)11-12-22(21)27(5,6)31-24(25)16-20/h11,15-16,21-22,24-25,30H,7-10,12-14,17H2,1-6H3,(H,28,29)/t21?,22-,24?,25+/m0/s1. The molecule has 4 heteroatoms.